The van der Waals surface area contributed by atoms with Crippen LogP contribution in [0, 0.1) is 20.8 Å². The number of rotatable bonds is 3. The highest BCUT2D eigenvalue weighted by molar-refractivity contribution is 5.99. The van der Waals surface area contributed by atoms with E-state index in [0.29, 0.717) is 11.3 Å². The standard InChI is InChI=1S/C18H18N4O3/c1-11-9-16(25-21-11)18(24)20-19-17(23)15-10-12(2)22(13(15)3)14-7-5-4-6-8-14/h4-10H,1-3H3,(H,19,23)(H,20,24). The zero-order valence-corrected chi connectivity index (χ0v) is 14.2. The van der Waals surface area contributed by atoms with Crippen LogP contribution in [0.5, 0.6) is 0 Å². The van der Waals surface area contributed by atoms with E-state index in [0.717, 1.165) is 17.1 Å². The van der Waals surface area contributed by atoms with Crippen LogP contribution in [0.2, 0.25) is 0 Å². The molecule has 7 heteroatoms. The van der Waals surface area contributed by atoms with Gasteiger partial charge < -0.3 is 9.09 Å². The van der Waals surface area contributed by atoms with Crippen LogP contribution in [-0.2, 0) is 0 Å². The molecule has 1 aromatic carbocycles. The number of carbonyl (C=O) groups is 2. The predicted octanol–water partition coefficient (Wildman–Crippen LogP) is 2.47. The second-order valence-electron chi connectivity index (χ2n) is 5.70. The summed E-state index contributed by atoms with van der Waals surface area (Å²) >= 11 is 0. The van der Waals surface area contributed by atoms with Gasteiger partial charge in [0.2, 0.25) is 5.76 Å². The molecule has 0 aliphatic carbocycles. The Labute approximate surface area is 144 Å². The maximum Gasteiger partial charge on any atom is 0.308 e. The topological polar surface area (TPSA) is 89.2 Å². The molecule has 25 heavy (non-hydrogen) atoms. The monoisotopic (exact) mass is 338 g/mol. The fourth-order valence-electron chi connectivity index (χ4n) is 2.68. The lowest BCUT2D eigenvalue weighted by molar-refractivity contribution is 0.0825. The lowest BCUT2D eigenvalue weighted by atomic mass is 10.2. The Hall–Kier alpha value is -3.35. The SMILES string of the molecule is Cc1cc(C(=O)NNC(=O)c2cc(C)n(-c3ccccc3)c2C)on1. The summed E-state index contributed by atoms with van der Waals surface area (Å²) in [6.45, 7) is 5.49. The third kappa shape index (κ3) is 3.30. The van der Waals surface area contributed by atoms with Crippen LogP contribution in [0.4, 0.5) is 0 Å². The number of para-hydroxylation sites is 1. The first kappa shape index (κ1) is 16.5. The molecule has 2 amide bonds. The van der Waals surface area contributed by atoms with E-state index in [1.807, 2.05) is 48.7 Å². The van der Waals surface area contributed by atoms with Crippen molar-refractivity contribution in [2.75, 3.05) is 0 Å². The molecule has 0 saturated heterocycles. The molecular weight excluding hydrogens is 320 g/mol. The van der Waals surface area contributed by atoms with Gasteiger partial charge in [0.25, 0.3) is 5.91 Å². The molecule has 0 unspecified atom stereocenters. The van der Waals surface area contributed by atoms with Crippen LogP contribution in [0.25, 0.3) is 5.69 Å². The second kappa shape index (κ2) is 6.64. The third-order valence-electron chi connectivity index (χ3n) is 3.83. The van der Waals surface area contributed by atoms with Crippen molar-refractivity contribution in [3.8, 4) is 5.69 Å². The van der Waals surface area contributed by atoms with Gasteiger partial charge in [-0.2, -0.15) is 0 Å². The normalized spacial score (nSPS) is 10.5. The van der Waals surface area contributed by atoms with Gasteiger partial charge in [0, 0.05) is 23.1 Å². The van der Waals surface area contributed by atoms with Gasteiger partial charge in [-0.15, -0.1) is 0 Å². The van der Waals surface area contributed by atoms with Crippen molar-refractivity contribution in [2.45, 2.75) is 20.8 Å². The highest BCUT2D eigenvalue weighted by Crippen LogP contribution is 2.20. The first-order chi connectivity index (χ1) is 12.0. The van der Waals surface area contributed by atoms with Gasteiger partial charge in [-0.05, 0) is 39.0 Å². The highest BCUT2D eigenvalue weighted by atomic mass is 16.5. The van der Waals surface area contributed by atoms with E-state index in [1.165, 1.54) is 6.07 Å². The molecule has 128 valence electrons. The quantitative estimate of drug-likeness (QED) is 0.718. The molecule has 0 bridgehead atoms. The van der Waals surface area contributed by atoms with Gasteiger partial charge >= 0.3 is 5.91 Å². The van der Waals surface area contributed by atoms with Crippen molar-refractivity contribution in [3.63, 3.8) is 0 Å². The lowest BCUT2D eigenvalue weighted by Crippen LogP contribution is -2.41. The number of hydrogen-bond acceptors (Lipinski definition) is 4. The average Bonchev–Trinajstić information content (AvgIpc) is 3.16. The summed E-state index contributed by atoms with van der Waals surface area (Å²) < 4.78 is 6.83. The van der Waals surface area contributed by atoms with E-state index in [4.69, 9.17) is 4.52 Å². The fourth-order valence-corrected chi connectivity index (χ4v) is 2.68. The molecule has 3 aromatic rings. The maximum absolute atomic E-state index is 12.4. The number of hydrogen-bond donors (Lipinski definition) is 2. The Balaban J connectivity index is 1.76. The summed E-state index contributed by atoms with van der Waals surface area (Å²) in [7, 11) is 0. The van der Waals surface area contributed by atoms with E-state index in [-0.39, 0.29) is 5.76 Å². The second-order valence-corrected chi connectivity index (χ2v) is 5.70. The van der Waals surface area contributed by atoms with Crippen molar-refractivity contribution in [1.29, 1.82) is 0 Å². The Morgan fingerprint density at radius 2 is 1.68 bits per heavy atom. The minimum atomic E-state index is -0.564. The van der Waals surface area contributed by atoms with Crippen LogP contribution >= 0.6 is 0 Å². The van der Waals surface area contributed by atoms with E-state index in [1.54, 1.807) is 13.0 Å². The maximum atomic E-state index is 12.4. The summed E-state index contributed by atoms with van der Waals surface area (Å²) in [5, 5.41) is 3.63. The number of carbonyl (C=O) groups excluding carboxylic acids is 2. The Bertz CT molecular complexity index is 925. The number of nitrogens with zero attached hydrogens (tertiary/aromatic N) is 2. The molecule has 0 fully saturated rings. The van der Waals surface area contributed by atoms with Gasteiger partial charge in [-0.1, -0.05) is 23.4 Å². The summed E-state index contributed by atoms with van der Waals surface area (Å²) in [5.41, 5.74) is 8.47. The van der Waals surface area contributed by atoms with Gasteiger partial charge in [-0.3, -0.25) is 20.4 Å². The molecule has 0 atom stereocenters. The number of nitrogens with one attached hydrogen (secondary N) is 2. The van der Waals surface area contributed by atoms with Gasteiger partial charge in [0.1, 0.15) is 0 Å². The molecule has 0 aliphatic heterocycles. The smallest absolute Gasteiger partial charge is 0.308 e. The lowest BCUT2D eigenvalue weighted by Gasteiger charge is -2.10. The zero-order valence-electron chi connectivity index (χ0n) is 14.2. The number of aryl methyl sites for hydroxylation is 2. The van der Waals surface area contributed by atoms with Crippen molar-refractivity contribution < 1.29 is 14.1 Å². The van der Waals surface area contributed by atoms with Gasteiger partial charge in [0.05, 0.1) is 11.3 Å². The summed E-state index contributed by atoms with van der Waals surface area (Å²) in [6, 6.07) is 13.0. The molecule has 0 saturated carbocycles. The molecule has 3 rings (SSSR count). The molecule has 2 heterocycles. The molecule has 0 aliphatic rings. The van der Waals surface area contributed by atoms with E-state index < -0.39 is 11.8 Å². The van der Waals surface area contributed by atoms with E-state index >= 15 is 0 Å². The summed E-state index contributed by atoms with van der Waals surface area (Å²) in [6.07, 6.45) is 0. The Morgan fingerprint density at radius 3 is 2.32 bits per heavy atom. The van der Waals surface area contributed by atoms with Gasteiger partial charge in [-0.25, -0.2) is 0 Å². The average molecular weight is 338 g/mol. The third-order valence-corrected chi connectivity index (χ3v) is 3.83. The van der Waals surface area contributed by atoms with Crippen molar-refractivity contribution in [3.05, 3.63) is 70.9 Å². The molecule has 0 radical (unpaired) electrons. The molecule has 2 N–H and O–H groups in total. The highest BCUT2D eigenvalue weighted by Gasteiger charge is 2.18. The Morgan fingerprint density at radius 1 is 1.00 bits per heavy atom. The van der Waals surface area contributed by atoms with Crippen LogP contribution in [-0.4, -0.2) is 21.5 Å². The van der Waals surface area contributed by atoms with Crippen LogP contribution in [0.1, 0.15) is 38.0 Å². The van der Waals surface area contributed by atoms with Crippen molar-refractivity contribution >= 4 is 11.8 Å². The number of benzene rings is 1. The van der Waals surface area contributed by atoms with Crippen LogP contribution in [0.15, 0.2) is 47.0 Å². The first-order valence-corrected chi connectivity index (χ1v) is 7.75. The van der Waals surface area contributed by atoms with Gasteiger partial charge in [0.15, 0.2) is 0 Å². The summed E-state index contributed by atoms with van der Waals surface area (Å²) in [4.78, 5) is 24.3. The minimum Gasteiger partial charge on any atom is -0.351 e. The largest absolute Gasteiger partial charge is 0.351 e. The molecule has 2 aromatic heterocycles. The van der Waals surface area contributed by atoms with Crippen LogP contribution in [0.3, 0.4) is 0 Å². The molecular formula is C18H18N4O3. The van der Waals surface area contributed by atoms with Crippen molar-refractivity contribution in [1.82, 2.24) is 20.6 Å². The predicted molar refractivity (Wildman–Crippen MR) is 91.4 cm³/mol. The number of aromatic nitrogens is 2. The first-order valence-electron chi connectivity index (χ1n) is 7.75. The van der Waals surface area contributed by atoms with E-state index in [2.05, 4.69) is 16.0 Å². The Kier molecular flexibility index (Phi) is 4.38. The minimum absolute atomic E-state index is 0.0348. The zero-order chi connectivity index (χ0) is 18.0. The molecule has 7 nitrogen and oxygen atoms in total. The van der Waals surface area contributed by atoms with Crippen LogP contribution < -0.4 is 10.9 Å². The van der Waals surface area contributed by atoms with E-state index in [9.17, 15) is 9.59 Å². The summed E-state index contributed by atoms with van der Waals surface area (Å²) in [5.74, 6) is -0.932. The number of hydrazine groups is 1. The molecule has 0 spiro atoms. The fraction of sp³-hybridized carbons (Fsp3) is 0.167. The number of amides is 2. The van der Waals surface area contributed by atoms with Crippen molar-refractivity contribution in [2.24, 2.45) is 0 Å².